The molecule has 4 aromatic carbocycles. The Morgan fingerprint density at radius 2 is 1.00 bits per heavy atom. The van der Waals surface area contributed by atoms with Gasteiger partial charge in [-0.1, -0.05) is 66.7 Å². The van der Waals surface area contributed by atoms with Crippen molar-refractivity contribution in [3.05, 3.63) is 169 Å². The van der Waals surface area contributed by atoms with Crippen molar-refractivity contribution in [3.63, 3.8) is 0 Å². The molecule has 0 amide bonds. The van der Waals surface area contributed by atoms with Crippen molar-refractivity contribution in [1.82, 2.24) is 4.98 Å². The van der Waals surface area contributed by atoms with Gasteiger partial charge in [0.25, 0.3) is 11.4 Å². The molecule has 0 saturated heterocycles. The molecular formula is C33H25Br2FeN5O4. The van der Waals surface area contributed by atoms with Gasteiger partial charge in [-0.05, 0) is 49.2 Å². The summed E-state index contributed by atoms with van der Waals surface area (Å²) >= 11 is 7.00. The molecule has 1 aromatic heterocycles. The van der Waals surface area contributed by atoms with Gasteiger partial charge in [-0.3, -0.25) is 20.2 Å². The van der Waals surface area contributed by atoms with E-state index < -0.39 is 9.85 Å². The Morgan fingerprint density at radius 1 is 0.622 bits per heavy atom. The van der Waals surface area contributed by atoms with Crippen LogP contribution in [-0.4, -0.2) is 26.3 Å². The summed E-state index contributed by atoms with van der Waals surface area (Å²) < 4.78 is 0. The Hall–Kier alpha value is -4.35. The van der Waals surface area contributed by atoms with Crippen LogP contribution in [0.3, 0.4) is 0 Å². The van der Waals surface area contributed by atoms with Gasteiger partial charge in [-0.15, -0.1) is 0 Å². The van der Waals surface area contributed by atoms with Crippen LogP contribution in [0.4, 0.5) is 22.7 Å². The van der Waals surface area contributed by atoms with E-state index in [1.807, 2.05) is 78.9 Å². The van der Waals surface area contributed by atoms with Crippen molar-refractivity contribution >= 4 is 62.4 Å². The molecule has 0 atom stereocenters. The molecule has 228 valence electrons. The Balaban J connectivity index is 0.00000148. The Morgan fingerprint density at radius 3 is 1.33 bits per heavy atom. The SMILES string of the molecule is Cc1cc([N+](=O)[O-])ccc1N=C(c1ccccc1)c1cccc(C(=Nc2ccc([N+](=O)[O-])cc2C)c2ccccc2)n1.[Br][Fe][Br]. The molecule has 0 spiro atoms. The quantitative estimate of drug-likeness (QED) is 0.0673. The topological polar surface area (TPSA) is 124 Å². The summed E-state index contributed by atoms with van der Waals surface area (Å²) in [6.07, 6.45) is 0. The molecule has 0 unspecified atom stereocenters. The first kappa shape index (κ1) is 33.5. The molecule has 5 rings (SSSR count). The molecule has 9 nitrogen and oxygen atoms in total. The van der Waals surface area contributed by atoms with Gasteiger partial charge < -0.3 is 0 Å². The molecule has 0 aliphatic rings. The third-order valence-corrected chi connectivity index (χ3v) is 6.58. The van der Waals surface area contributed by atoms with E-state index >= 15 is 0 Å². The van der Waals surface area contributed by atoms with Crippen molar-refractivity contribution in [2.75, 3.05) is 0 Å². The van der Waals surface area contributed by atoms with Crippen molar-refractivity contribution < 1.29 is 21.2 Å². The minimum atomic E-state index is -0.430. The third kappa shape index (κ3) is 8.86. The van der Waals surface area contributed by atoms with Crippen molar-refractivity contribution in [2.24, 2.45) is 9.98 Å². The summed E-state index contributed by atoms with van der Waals surface area (Å²) in [6, 6.07) is 33.9. The predicted octanol–water partition coefficient (Wildman–Crippen LogP) is 9.54. The number of aliphatic imine (C=N–C) groups is 2. The van der Waals surface area contributed by atoms with Crippen LogP contribution in [0.5, 0.6) is 0 Å². The first-order valence-electron chi connectivity index (χ1n) is 13.3. The summed E-state index contributed by atoms with van der Waals surface area (Å²) in [5, 5.41) is 22.5. The maximum absolute atomic E-state index is 11.3. The van der Waals surface area contributed by atoms with Crippen molar-refractivity contribution in [2.45, 2.75) is 13.8 Å². The standard InChI is InChI=1S/C33H25N5O4.2BrH.Fe/c1-22-20-26(37(39)40)16-18-28(22)35-32(24-10-5-3-6-11-24)30-14-9-15-31(34-30)33(25-12-7-4-8-13-25)36-29-19-17-27(38(41)42)21-23(29)2;;;/h3-21H,1-2H3;2*1H;/q;;;+2/p-2. The second-order valence-corrected chi connectivity index (χ2v) is 15.1. The molecular weight excluding hydrogens is 746 g/mol. The summed E-state index contributed by atoms with van der Waals surface area (Å²) in [5.74, 6) is 0. The van der Waals surface area contributed by atoms with Gasteiger partial charge in [0.15, 0.2) is 0 Å². The van der Waals surface area contributed by atoms with Gasteiger partial charge >= 0.3 is 39.6 Å². The molecule has 5 aromatic rings. The zero-order chi connectivity index (χ0) is 32.3. The zero-order valence-electron chi connectivity index (χ0n) is 23.9. The first-order valence-corrected chi connectivity index (χ1v) is 18.8. The van der Waals surface area contributed by atoms with E-state index in [1.165, 1.54) is 24.3 Å². The predicted molar refractivity (Wildman–Crippen MR) is 181 cm³/mol. The van der Waals surface area contributed by atoms with Crippen molar-refractivity contribution in [1.29, 1.82) is 0 Å². The molecule has 0 radical (unpaired) electrons. The van der Waals surface area contributed by atoms with Crippen LogP contribution in [0.15, 0.2) is 125 Å². The first-order chi connectivity index (χ1) is 21.7. The molecule has 45 heavy (non-hydrogen) atoms. The van der Waals surface area contributed by atoms with Crippen LogP contribution in [0.1, 0.15) is 33.6 Å². The fourth-order valence-electron chi connectivity index (χ4n) is 4.43. The van der Waals surface area contributed by atoms with E-state index in [1.54, 1.807) is 26.0 Å². The normalized spacial score (nSPS) is 11.5. The molecule has 1 heterocycles. The average Bonchev–Trinajstić information content (AvgIpc) is 3.04. The molecule has 0 aliphatic carbocycles. The van der Waals surface area contributed by atoms with Gasteiger partial charge in [0.1, 0.15) is 0 Å². The van der Waals surface area contributed by atoms with E-state index in [2.05, 4.69) is 28.2 Å². The maximum atomic E-state index is 11.3. The number of aromatic nitrogens is 1. The van der Waals surface area contributed by atoms with Crippen LogP contribution in [0.25, 0.3) is 0 Å². The van der Waals surface area contributed by atoms with E-state index in [-0.39, 0.29) is 11.4 Å². The number of nitrogens with zero attached hydrogens (tertiary/aromatic N) is 5. The Kier molecular flexibility index (Phi) is 12.0. The van der Waals surface area contributed by atoms with E-state index in [4.69, 9.17) is 15.0 Å². The fourth-order valence-corrected chi connectivity index (χ4v) is 4.43. The number of non-ortho nitro benzene ring substituents is 2. The minimum absolute atomic E-state index is 0.00177. The van der Waals surface area contributed by atoms with Crippen LogP contribution in [0, 0.1) is 34.1 Å². The fraction of sp³-hybridized carbons (Fsp3) is 0.0606. The monoisotopic (exact) mass is 769 g/mol. The number of hydrogen-bond donors (Lipinski definition) is 0. The number of nitro groups is 2. The number of rotatable bonds is 8. The number of halogens is 2. The number of pyridine rings is 1. The Labute approximate surface area is 280 Å². The summed E-state index contributed by atoms with van der Waals surface area (Å²) in [4.78, 5) is 36.5. The number of aryl methyl sites for hydroxylation is 2. The van der Waals surface area contributed by atoms with Gasteiger partial charge in [-0.2, -0.15) is 0 Å². The van der Waals surface area contributed by atoms with E-state index in [0.717, 1.165) is 22.5 Å². The van der Waals surface area contributed by atoms with Gasteiger partial charge in [0, 0.05) is 35.4 Å². The third-order valence-electron chi connectivity index (χ3n) is 6.58. The van der Waals surface area contributed by atoms with Crippen LogP contribution < -0.4 is 0 Å². The van der Waals surface area contributed by atoms with Crippen molar-refractivity contribution in [3.8, 4) is 0 Å². The summed E-state index contributed by atoms with van der Waals surface area (Å²) in [7, 11) is 0. The molecule has 12 heteroatoms. The molecule has 0 bridgehead atoms. The number of hydrogen-bond acceptors (Lipinski definition) is 7. The average molecular weight is 771 g/mol. The van der Waals surface area contributed by atoms with Crippen LogP contribution in [-0.2, 0) is 11.3 Å². The number of benzene rings is 4. The molecule has 0 aliphatic heterocycles. The van der Waals surface area contributed by atoms with E-state index in [0.29, 0.717) is 45.3 Å². The van der Waals surface area contributed by atoms with Gasteiger partial charge in [0.2, 0.25) is 0 Å². The van der Waals surface area contributed by atoms with Crippen LogP contribution >= 0.6 is 28.2 Å². The Bertz CT molecular complexity index is 1760. The second-order valence-electron chi connectivity index (χ2n) is 9.57. The molecule has 0 N–H and O–H groups in total. The zero-order valence-corrected chi connectivity index (χ0v) is 28.2. The summed E-state index contributed by atoms with van der Waals surface area (Å²) in [6.45, 7) is 3.57. The van der Waals surface area contributed by atoms with Gasteiger partial charge in [-0.25, -0.2) is 15.0 Å². The molecule has 0 saturated carbocycles. The summed E-state index contributed by atoms with van der Waals surface area (Å²) in [5.41, 5.74) is 6.49. The van der Waals surface area contributed by atoms with Gasteiger partial charge in [0.05, 0.1) is 44.0 Å². The van der Waals surface area contributed by atoms with Crippen LogP contribution in [0.2, 0.25) is 0 Å². The van der Waals surface area contributed by atoms with E-state index in [9.17, 15) is 20.2 Å². The second kappa shape index (κ2) is 16.1. The number of nitro benzene ring substituents is 2. The molecule has 0 fully saturated rings.